The zero-order chi connectivity index (χ0) is 23.0. The van der Waals surface area contributed by atoms with Gasteiger partial charge in [-0.05, 0) is 55.5 Å². The van der Waals surface area contributed by atoms with Gasteiger partial charge in [-0.1, -0.05) is 17.3 Å². The van der Waals surface area contributed by atoms with E-state index < -0.39 is 0 Å². The van der Waals surface area contributed by atoms with Gasteiger partial charge < -0.3 is 28.6 Å². The SMILES string of the molecule is CCOc1ccc(NC(=O)N(Cc2cc(-c3ccccc3OC)on2)Cc2ccco2)cc1. The number of hydrogen-bond donors (Lipinski definition) is 1. The maximum absolute atomic E-state index is 13.1. The normalized spacial score (nSPS) is 10.6. The Hall–Kier alpha value is -4.20. The van der Waals surface area contributed by atoms with Gasteiger partial charge in [-0.25, -0.2) is 4.79 Å². The summed E-state index contributed by atoms with van der Waals surface area (Å²) in [5.41, 5.74) is 2.04. The zero-order valence-electron chi connectivity index (χ0n) is 18.5. The molecule has 0 aliphatic heterocycles. The molecule has 2 aromatic heterocycles. The fourth-order valence-electron chi connectivity index (χ4n) is 3.35. The van der Waals surface area contributed by atoms with Gasteiger partial charge in [0, 0.05) is 11.8 Å². The topological polar surface area (TPSA) is 90.0 Å². The van der Waals surface area contributed by atoms with Crippen molar-refractivity contribution >= 4 is 11.7 Å². The van der Waals surface area contributed by atoms with Gasteiger partial charge in [-0.2, -0.15) is 0 Å². The highest BCUT2D eigenvalue weighted by atomic mass is 16.5. The number of ether oxygens (including phenoxy) is 2. The minimum atomic E-state index is -0.294. The predicted octanol–water partition coefficient (Wildman–Crippen LogP) is 5.58. The van der Waals surface area contributed by atoms with Crippen molar-refractivity contribution in [2.75, 3.05) is 19.0 Å². The molecular formula is C25H25N3O5. The third-order valence-corrected chi connectivity index (χ3v) is 4.91. The van der Waals surface area contributed by atoms with Gasteiger partial charge in [0.2, 0.25) is 0 Å². The second-order valence-electron chi connectivity index (χ2n) is 7.21. The number of nitrogens with zero attached hydrogens (tertiary/aromatic N) is 2. The molecule has 0 fully saturated rings. The standard InChI is InChI=1S/C25H25N3O5/c1-3-31-20-12-10-18(11-13-20)26-25(29)28(17-21-7-6-14-32-21)16-19-15-24(33-27-19)22-8-4-5-9-23(22)30-2/h4-15H,3,16-17H2,1-2H3,(H,26,29). The predicted molar refractivity (Wildman–Crippen MR) is 123 cm³/mol. The molecule has 2 aromatic carbocycles. The van der Waals surface area contributed by atoms with Crippen LogP contribution in [0, 0.1) is 0 Å². The lowest BCUT2D eigenvalue weighted by Crippen LogP contribution is -2.34. The quantitative estimate of drug-likeness (QED) is 0.360. The number of amides is 2. The number of para-hydroxylation sites is 1. The monoisotopic (exact) mass is 447 g/mol. The summed E-state index contributed by atoms with van der Waals surface area (Å²) in [6.07, 6.45) is 1.58. The van der Waals surface area contributed by atoms with Crippen LogP contribution in [-0.2, 0) is 13.1 Å². The van der Waals surface area contributed by atoms with Gasteiger partial charge >= 0.3 is 6.03 Å². The molecule has 1 N–H and O–H groups in total. The molecular weight excluding hydrogens is 422 g/mol. The third kappa shape index (κ3) is 5.54. The highest BCUT2D eigenvalue weighted by Gasteiger charge is 2.19. The maximum Gasteiger partial charge on any atom is 0.322 e. The number of furan rings is 1. The first kappa shape index (κ1) is 22.0. The molecule has 0 aliphatic rings. The molecule has 8 heteroatoms. The molecule has 170 valence electrons. The molecule has 0 saturated carbocycles. The van der Waals surface area contributed by atoms with Gasteiger partial charge in [0.1, 0.15) is 23.0 Å². The number of hydrogen-bond acceptors (Lipinski definition) is 6. The lowest BCUT2D eigenvalue weighted by atomic mass is 10.1. The van der Waals surface area contributed by atoms with Crippen molar-refractivity contribution < 1.29 is 23.2 Å². The van der Waals surface area contributed by atoms with Crippen molar-refractivity contribution in [2.24, 2.45) is 0 Å². The van der Waals surface area contributed by atoms with Crippen molar-refractivity contribution in [3.05, 3.63) is 84.4 Å². The number of carbonyl (C=O) groups excluding carboxylic acids is 1. The highest BCUT2D eigenvalue weighted by molar-refractivity contribution is 5.89. The van der Waals surface area contributed by atoms with E-state index in [9.17, 15) is 4.79 Å². The molecule has 0 aliphatic carbocycles. The number of nitrogens with one attached hydrogen (secondary N) is 1. The first-order chi connectivity index (χ1) is 16.2. The maximum atomic E-state index is 13.1. The van der Waals surface area contributed by atoms with Crippen molar-refractivity contribution in [1.29, 1.82) is 0 Å². The Bertz CT molecular complexity index is 1170. The number of rotatable bonds is 9. The summed E-state index contributed by atoms with van der Waals surface area (Å²) in [5, 5.41) is 7.07. The number of benzene rings is 2. The van der Waals surface area contributed by atoms with E-state index in [1.54, 1.807) is 42.5 Å². The molecule has 4 rings (SSSR count). The minimum Gasteiger partial charge on any atom is -0.496 e. The van der Waals surface area contributed by atoms with Crippen LogP contribution in [0.1, 0.15) is 18.4 Å². The second-order valence-corrected chi connectivity index (χ2v) is 7.21. The fraction of sp³-hybridized carbons (Fsp3) is 0.200. The lowest BCUT2D eigenvalue weighted by Gasteiger charge is -2.21. The number of carbonyl (C=O) groups is 1. The summed E-state index contributed by atoms with van der Waals surface area (Å²) >= 11 is 0. The Morgan fingerprint density at radius 3 is 2.61 bits per heavy atom. The van der Waals surface area contributed by atoms with Crippen LogP contribution in [0.15, 0.2) is 81.9 Å². The van der Waals surface area contributed by atoms with E-state index in [2.05, 4.69) is 10.5 Å². The van der Waals surface area contributed by atoms with E-state index >= 15 is 0 Å². The summed E-state index contributed by atoms with van der Waals surface area (Å²) in [5.74, 6) is 2.65. The summed E-state index contributed by atoms with van der Waals surface area (Å²) < 4.78 is 21.8. The summed E-state index contributed by atoms with van der Waals surface area (Å²) in [4.78, 5) is 14.7. The Morgan fingerprint density at radius 1 is 1.06 bits per heavy atom. The van der Waals surface area contributed by atoms with E-state index in [1.165, 1.54) is 0 Å². The highest BCUT2D eigenvalue weighted by Crippen LogP contribution is 2.30. The Morgan fingerprint density at radius 2 is 1.88 bits per heavy atom. The van der Waals surface area contributed by atoms with E-state index in [4.69, 9.17) is 18.4 Å². The van der Waals surface area contributed by atoms with E-state index in [0.717, 1.165) is 11.3 Å². The summed E-state index contributed by atoms with van der Waals surface area (Å²) in [6.45, 7) is 3.00. The van der Waals surface area contributed by atoms with Crippen LogP contribution < -0.4 is 14.8 Å². The van der Waals surface area contributed by atoms with Crippen molar-refractivity contribution in [3.63, 3.8) is 0 Å². The molecule has 2 heterocycles. The van der Waals surface area contributed by atoms with Gasteiger partial charge in [0.05, 0.1) is 38.6 Å². The average Bonchev–Trinajstić information content (AvgIpc) is 3.52. The number of urea groups is 1. The molecule has 8 nitrogen and oxygen atoms in total. The number of anilines is 1. The number of aromatic nitrogens is 1. The molecule has 0 saturated heterocycles. The van der Waals surface area contributed by atoms with Crippen LogP contribution in [0.5, 0.6) is 11.5 Å². The largest absolute Gasteiger partial charge is 0.496 e. The first-order valence-corrected chi connectivity index (χ1v) is 10.6. The molecule has 33 heavy (non-hydrogen) atoms. The van der Waals surface area contributed by atoms with Crippen LogP contribution in [0.2, 0.25) is 0 Å². The van der Waals surface area contributed by atoms with Crippen LogP contribution in [0.4, 0.5) is 10.5 Å². The van der Waals surface area contributed by atoms with Gasteiger partial charge in [0.15, 0.2) is 5.76 Å². The Labute approximate surface area is 191 Å². The van der Waals surface area contributed by atoms with Crippen molar-refractivity contribution in [3.8, 4) is 22.8 Å². The van der Waals surface area contributed by atoms with Gasteiger partial charge in [0.25, 0.3) is 0 Å². The molecule has 0 bridgehead atoms. The Kier molecular flexibility index (Phi) is 6.94. The molecule has 2 amide bonds. The van der Waals surface area contributed by atoms with Crippen molar-refractivity contribution in [2.45, 2.75) is 20.0 Å². The average molecular weight is 447 g/mol. The lowest BCUT2D eigenvalue weighted by molar-refractivity contribution is 0.199. The Balaban J connectivity index is 1.51. The molecule has 0 atom stereocenters. The molecule has 4 aromatic rings. The molecule has 0 spiro atoms. The van der Waals surface area contributed by atoms with E-state index in [1.807, 2.05) is 49.4 Å². The van der Waals surface area contributed by atoms with Crippen LogP contribution >= 0.6 is 0 Å². The van der Waals surface area contributed by atoms with Crippen LogP contribution in [0.3, 0.4) is 0 Å². The molecule has 0 unspecified atom stereocenters. The summed E-state index contributed by atoms with van der Waals surface area (Å²) in [6, 6.07) is 19.9. The van der Waals surface area contributed by atoms with Gasteiger partial charge in [-0.15, -0.1) is 0 Å². The fourth-order valence-corrected chi connectivity index (χ4v) is 3.35. The minimum absolute atomic E-state index is 0.224. The second kappa shape index (κ2) is 10.4. The van der Waals surface area contributed by atoms with E-state index in [0.29, 0.717) is 35.3 Å². The van der Waals surface area contributed by atoms with Crippen LogP contribution in [0.25, 0.3) is 11.3 Å². The first-order valence-electron chi connectivity index (χ1n) is 10.6. The van der Waals surface area contributed by atoms with Gasteiger partial charge in [-0.3, -0.25) is 0 Å². The van der Waals surface area contributed by atoms with E-state index in [-0.39, 0.29) is 19.1 Å². The van der Waals surface area contributed by atoms with Crippen molar-refractivity contribution in [1.82, 2.24) is 10.1 Å². The number of methoxy groups -OCH3 is 1. The zero-order valence-corrected chi connectivity index (χ0v) is 18.5. The smallest absolute Gasteiger partial charge is 0.322 e. The van der Waals surface area contributed by atoms with Crippen LogP contribution in [-0.4, -0.2) is 29.8 Å². The summed E-state index contributed by atoms with van der Waals surface area (Å²) in [7, 11) is 1.60. The third-order valence-electron chi connectivity index (χ3n) is 4.91. The molecule has 0 radical (unpaired) electrons.